The highest BCUT2D eigenvalue weighted by atomic mass is 35.5. The van der Waals surface area contributed by atoms with Crippen LogP contribution in [-0.2, 0) is 21.4 Å². The van der Waals surface area contributed by atoms with E-state index in [1.54, 1.807) is 6.07 Å². The number of carbonyl (C=O) groups excluding carboxylic acids is 1. The number of ether oxygens (including phenoxy) is 3. The minimum absolute atomic E-state index is 0.0616. The molecule has 160 valence electrons. The first-order chi connectivity index (χ1) is 14.6. The standard InChI is InChI=1S/C23H25Cl2NO4/c24-18-4-1-3-17(14-18)23(5-9-28-10-6-23)15-26-21(27)13-16-11-19(25)22-20(12-16)29-7-2-8-30-22/h1,3-4,11-12,14H,2,5-10,13,15H2,(H,26,27). The van der Waals surface area contributed by atoms with E-state index >= 15 is 0 Å². The van der Waals surface area contributed by atoms with Gasteiger partial charge < -0.3 is 19.5 Å². The number of fused-ring (bicyclic) bond motifs is 1. The monoisotopic (exact) mass is 449 g/mol. The highest BCUT2D eigenvalue weighted by Gasteiger charge is 2.35. The van der Waals surface area contributed by atoms with Crippen LogP contribution in [0, 0.1) is 0 Å². The number of carbonyl (C=O) groups is 1. The van der Waals surface area contributed by atoms with E-state index in [4.69, 9.17) is 37.4 Å². The summed E-state index contributed by atoms with van der Waals surface area (Å²) in [7, 11) is 0. The van der Waals surface area contributed by atoms with Gasteiger partial charge in [-0.3, -0.25) is 4.79 Å². The molecule has 0 spiro atoms. The molecule has 0 radical (unpaired) electrons. The second-order valence-electron chi connectivity index (χ2n) is 7.81. The molecule has 2 aliphatic heterocycles. The van der Waals surface area contributed by atoms with Crippen LogP contribution < -0.4 is 14.8 Å². The van der Waals surface area contributed by atoms with Crippen LogP contribution in [0.4, 0.5) is 0 Å². The van der Waals surface area contributed by atoms with E-state index in [0.29, 0.717) is 54.5 Å². The predicted molar refractivity (Wildman–Crippen MR) is 117 cm³/mol. The van der Waals surface area contributed by atoms with Crippen LogP contribution in [0.1, 0.15) is 30.4 Å². The largest absolute Gasteiger partial charge is 0.489 e. The van der Waals surface area contributed by atoms with Crippen molar-refractivity contribution in [3.8, 4) is 11.5 Å². The summed E-state index contributed by atoms with van der Waals surface area (Å²) in [6.07, 6.45) is 2.70. The third-order valence-corrected chi connectivity index (χ3v) is 6.25. The molecule has 7 heteroatoms. The maximum absolute atomic E-state index is 12.8. The molecule has 0 unspecified atom stereocenters. The molecule has 1 saturated heterocycles. The van der Waals surface area contributed by atoms with Gasteiger partial charge in [-0.25, -0.2) is 0 Å². The maximum Gasteiger partial charge on any atom is 0.224 e. The summed E-state index contributed by atoms with van der Waals surface area (Å²) in [5.74, 6) is 1.09. The van der Waals surface area contributed by atoms with Crippen LogP contribution in [0.2, 0.25) is 10.0 Å². The van der Waals surface area contributed by atoms with Crippen molar-refractivity contribution in [2.75, 3.05) is 33.0 Å². The first-order valence-corrected chi connectivity index (χ1v) is 11.0. The lowest BCUT2D eigenvalue weighted by Gasteiger charge is -2.38. The molecule has 30 heavy (non-hydrogen) atoms. The number of hydrogen-bond donors (Lipinski definition) is 1. The summed E-state index contributed by atoms with van der Waals surface area (Å²) in [4.78, 5) is 12.8. The minimum atomic E-state index is -0.179. The molecule has 0 aromatic heterocycles. The van der Waals surface area contributed by atoms with E-state index in [9.17, 15) is 4.79 Å². The fraction of sp³-hybridized carbons (Fsp3) is 0.435. The summed E-state index contributed by atoms with van der Waals surface area (Å²) in [6, 6.07) is 11.5. The van der Waals surface area contributed by atoms with Gasteiger partial charge in [0.15, 0.2) is 11.5 Å². The quantitative estimate of drug-likeness (QED) is 0.726. The normalized spacial score (nSPS) is 17.8. The molecule has 5 nitrogen and oxygen atoms in total. The van der Waals surface area contributed by atoms with Gasteiger partial charge in [0.05, 0.1) is 24.7 Å². The van der Waals surface area contributed by atoms with E-state index in [0.717, 1.165) is 30.4 Å². The van der Waals surface area contributed by atoms with Crippen molar-refractivity contribution in [1.29, 1.82) is 0 Å². The second kappa shape index (κ2) is 9.46. The van der Waals surface area contributed by atoms with Gasteiger partial charge in [0, 0.05) is 36.6 Å². The summed E-state index contributed by atoms with van der Waals surface area (Å²) in [6.45, 7) is 3.01. The first kappa shape index (κ1) is 21.3. The highest BCUT2D eigenvalue weighted by molar-refractivity contribution is 6.32. The van der Waals surface area contributed by atoms with E-state index < -0.39 is 0 Å². The van der Waals surface area contributed by atoms with Crippen LogP contribution in [0.5, 0.6) is 11.5 Å². The van der Waals surface area contributed by atoms with E-state index in [1.165, 1.54) is 0 Å². The molecule has 0 saturated carbocycles. The Balaban J connectivity index is 1.46. The number of benzene rings is 2. The highest BCUT2D eigenvalue weighted by Crippen LogP contribution is 2.38. The zero-order valence-electron chi connectivity index (χ0n) is 16.7. The molecular weight excluding hydrogens is 425 g/mol. The molecule has 1 fully saturated rings. The molecule has 1 amide bonds. The van der Waals surface area contributed by atoms with Gasteiger partial charge in [-0.1, -0.05) is 35.3 Å². The number of nitrogens with one attached hydrogen (secondary N) is 1. The Morgan fingerprint density at radius 2 is 1.83 bits per heavy atom. The third-order valence-electron chi connectivity index (χ3n) is 5.74. The number of rotatable bonds is 5. The zero-order valence-corrected chi connectivity index (χ0v) is 18.2. The summed E-state index contributed by atoms with van der Waals surface area (Å²) in [5, 5.41) is 4.29. The van der Waals surface area contributed by atoms with Gasteiger partial charge >= 0.3 is 0 Å². The maximum atomic E-state index is 12.8. The topological polar surface area (TPSA) is 56.8 Å². The lowest BCUT2D eigenvalue weighted by molar-refractivity contribution is -0.120. The third kappa shape index (κ3) is 4.85. The van der Waals surface area contributed by atoms with Crippen molar-refractivity contribution >= 4 is 29.1 Å². The van der Waals surface area contributed by atoms with Crippen molar-refractivity contribution in [3.63, 3.8) is 0 Å². The van der Waals surface area contributed by atoms with Gasteiger partial charge in [0.2, 0.25) is 5.91 Å². The Morgan fingerprint density at radius 1 is 1.03 bits per heavy atom. The van der Waals surface area contributed by atoms with Gasteiger partial charge in [0.1, 0.15) is 0 Å². The van der Waals surface area contributed by atoms with Gasteiger partial charge in [-0.05, 0) is 48.2 Å². The Morgan fingerprint density at radius 3 is 2.63 bits per heavy atom. The lowest BCUT2D eigenvalue weighted by Crippen LogP contribution is -2.45. The average Bonchev–Trinajstić information content (AvgIpc) is 2.99. The van der Waals surface area contributed by atoms with Gasteiger partial charge in [-0.2, -0.15) is 0 Å². The smallest absolute Gasteiger partial charge is 0.224 e. The SMILES string of the molecule is O=C(Cc1cc(Cl)c2c(c1)OCCCO2)NCC1(c2cccc(Cl)c2)CCOCC1. The first-order valence-electron chi connectivity index (χ1n) is 10.2. The van der Waals surface area contributed by atoms with Crippen LogP contribution in [0.3, 0.4) is 0 Å². The molecule has 2 aromatic carbocycles. The summed E-state index contributed by atoms with van der Waals surface area (Å²) in [5.41, 5.74) is 1.75. The molecule has 2 aromatic rings. The fourth-order valence-electron chi connectivity index (χ4n) is 4.05. The Kier molecular flexibility index (Phi) is 6.71. The Labute approximate surface area is 186 Å². The molecule has 2 heterocycles. The lowest BCUT2D eigenvalue weighted by atomic mass is 9.74. The summed E-state index contributed by atoms with van der Waals surface area (Å²) < 4.78 is 17.0. The van der Waals surface area contributed by atoms with E-state index in [1.807, 2.05) is 24.3 Å². The van der Waals surface area contributed by atoms with Crippen molar-refractivity contribution in [1.82, 2.24) is 5.32 Å². The minimum Gasteiger partial charge on any atom is -0.489 e. The fourth-order valence-corrected chi connectivity index (χ4v) is 4.53. The van der Waals surface area contributed by atoms with Crippen LogP contribution in [0.25, 0.3) is 0 Å². The van der Waals surface area contributed by atoms with Crippen molar-refractivity contribution in [2.45, 2.75) is 31.1 Å². The number of hydrogen-bond acceptors (Lipinski definition) is 4. The van der Waals surface area contributed by atoms with Crippen LogP contribution in [0.15, 0.2) is 36.4 Å². The molecule has 0 aliphatic carbocycles. The summed E-state index contributed by atoms with van der Waals surface area (Å²) >= 11 is 12.6. The molecular formula is C23H25Cl2NO4. The van der Waals surface area contributed by atoms with E-state index in [-0.39, 0.29) is 17.7 Å². The average molecular weight is 450 g/mol. The molecule has 0 atom stereocenters. The van der Waals surface area contributed by atoms with Gasteiger partial charge in [0.25, 0.3) is 0 Å². The zero-order chi connectivity index (χ0) is 21.0. The predicted octanol–water partition coefficient (Wildman–Crippen LogP) is 4.56. The van der Waals surface area contributed by atoms with Gasteiger partial charge in [-0.15, -0.1) is 0 Å². The second-order valence-corrected chi connectivity index (χ2v) is 8.66. The van der Waals surface area contributed by atoms with Crippen molar-refractivity contribution in [2.24, 2.45) is 0 Å². The molecule has 1 N–H and O–H groups in total. The van der Waals surface area contributed by atoms with Crippen molar-refractivity contribution in [3.05, 3.63) is 57.6 Å². The Bertz CT molecular complexity index is 912. The molecule has 4 rings (SSSR count). The molecule has 0 bridgehead atoms. The van der Waals surface area contributed by atoms with Crippen LogP contribution in [-0.4, -0.2) is 38.9 Å². The van der Waals surface area contributed by atoms with E-state index in [2.05, 4.69) is 11.4 Å². The van der Waals surface area contributed by atoms with Crippen molar-refractivity contribution < 1.29 is 19.0 Å². The number of amides is 1. The number of halogens is 2. The van der Waals surface area contributed by atoms with Crippen LogP contribution >= 0.6 is 23.2 Å². The molecule has 2 aliphatic rings. The Hall–Kier alpha value is -1.95.